The van der Waals surface area contributed by atoms with Crippen molar-refractivity contribution in [2.24, 2.45) is 0 Å². The van der Waals surface area contributed by atoms with Gasteiger partial charge in [0.1, 0.15) is 10.6 Å². The highest BCUT2D eigenvalue weighted by atomic mass is 32.1. The zero-order chi connectivity index (χ0) is 22.7. The van der Waals surface area contributed by atoms with Crippen LogP contribution in [0.25, 0.3) is 28.4 Å². The van der Waals surface area contributed by atoms with Crippen molar-refractivity contribution in [2.75, 3.05) is 26.1 Å². The quantitative estimate of drug-likeness (QED) is 0.343. The van der Waals surface area contributed by atoms with Crippen LogP contribution in [0.5, 0.6) is 11.6 Å². The summed E-state index contributed by atoms with van der Waals surface area (Å²) < 4.78 is 7.40. The fourth-order valence-electron chi connectivity index (χ4n) is 3.23. The number of nitrogens with zero attached hydrogens (tertiary/aromatic N) is 3. The number of benzene rings is 2. The molecule has 0 radical (unpaired) electrons. The zero-order valence-electron chi connectivity index (χ0n) is 18.0. The number of methoxy groups -OCH3 is 1. The Labute approximate surface area is 196 Å². The molecule has 0 unspecified atom stereocenters. The van der Waals surface area contributed by atoms with Crippen molar-refractivity contribution in [3.05, 3.63) is 81.9 Å². The van der Waals surface area contributed by atoms with Crippen LogP contribution in [0.3, 0.4) is 0 Å². The van der Waals surface area contributed by atoms with Crippen LogP contribution in [0.4, 0.5) is 5.69 Å². The lowest BCUT2D eigenvalue weighted by atomic mass is 10.1. The smallest absolute Gasteiger partial charge is 0.217 e. The van der Waals surface area contributed by atoms with Crippen LogP contribution in [0.15, 0.2) is 66.7 Å². The number of anilines is 1. The summed E-state index contributed by atoms with van der Waals surface area (Å²) in [5.41, 5.74) is 4.49. The molecule has 0 bridgehead atoms. The zero-order valence-corrected chi connectivity index (χ0v) is 19.7. The van der Waals surface area contributed by atoms with Gasteiger partial charge in [-0.25, -0.2) is 4.98 Å². The van der Waals surface area contributed by atoms with E-state index in [0.717, 1.165) is 28.4 Å². The van der Waals surface area contributed by atoms with E-state index in [0.29, 0.717) is 14.5 Å². The average molecular weight is 462 g/mol. The van der Waals surface area contributed by atoms with E-state index >= 15 is 0 Å². The van der Waals surface area contributed by atoms with Gasteiger partial charge in [-0.2, -0.15) is 0 Å². The van der Waals surface area contributed by atoms with Gasteiger partial charge in [-0.3, -0.25) is 4.57 Å². The first-order valence-corrected chi connectivity index (χ1v) is 11.2. The molecule has 2 aromatic heterocycles. The van der Waals surface area contributed by atoms with Crippen LogP contribution in [0.1, 0.15) is 11.3 Å². The summed E-state index contributed by atoms with van der Waals surface area (Å²) >= 11 is 6.86. The Hall–Kier alpha value is -3.42. The Morgan fingerprint density at radius 1 is 1.00 bits per heavy atom. The number of pyridine rings is 1. The third-order valence-corrected chi connectivity index (χ3v) is 6.36. The van der Waals surface area contributed by atoms with Gasteiger partial charge in [-0.1, -0.05) is 35.6 Å². The summed E-state index contributed by atoms with van der Waals surface area (Å²) in [4.78, 5) is 7.42. The molecule has 5 nitrogen and oxygen atoms in total. The van der Waals surface area contributed by atoms with E-state index in [2.05, 4.69) is 29.2 Å². The minimum Gasteiger partial charge on any atom is -0.497 e. The van der Waals surface area contributed by atoms with E-state index in [4.69, 9.17) is 21.9 Å². The van der Waals surface area contributed by atoms with E-state index in [9.17, 15) is 5.11 Å². The molecule has 162 valence electrons. The molecule has 32 heavy (non-hydrogen) atoms. The van der Waals surface area contributed by atoms with Crippen LogP contribution < -0.4 is 9.64 Å². The highest BCUT2D eigenvalue weighted by Crippen LogP contribution is 2.37. The minimum atomic E-state index is 0.0815. The van der Waals surface area contributed by atoms with E-state index < -0.39 is 0 Å². The summed E-state index contributed by atoms with van der Waals surface area (Å²) in [6.45, 7) is 0. The summed E-state index contributed by atoms with van der Waals surface area (Å²) in [5.74, 6) is 0.825. The number of hydrogen-bond acceptors (Lipinski definition) is 6. The molecule has 4 aromatic rings. The lowest BCUT2D eigenvalue weighted by molar-refractivity contribution is 0.414. The first-order valence-electron chi connectivity index (χ1n) is 9.98. The van der Waals surface area contributed by atoms with Crippen molar-refractivity contribution in [1.29, 1.82) is 0 Å². The predicted octanol–water partition coefficient (Wildman–Crippen LogP) is 6.28. The Morgan fingerprint density at radius 3 is 2.38 bits per heavy atom. The Morgan fingerprint density at radius 2 is 1.72 bits per heavy atom. The van der Waals surface area contributed by atoms with Crippen LogP contribution in [-0.4, -0.2) is 35.9 Å². The summed E-state index contributed by atoms with van der Waals surface area (Å²) in [5, 5.41) is 10.9. The average Bonchev–Trinajstić information content (AvgIpc) is 3.12. The van der Waals surface area contributed by atoms with Gasteiger partial charge in [0.2, 0.25) is 5.88 Å². The number of ether oxygens (including phenoxy) is 1. The largest absolute Gasteiger partial charge is 0.497 e. The van der Waals surface area contributed by atoms with Gasteiger partial charge in [-0.15, -0.1) is 0 Å². The summed E-state index contributed by atoms with van der Waals surface area (Å²) in [6, 6.07) is 21.4. The number of hydrogen-bond donors (Lipinski definition) is 1. The SMILES string of the molecule is COc1ccc(-n2c(O)c(-c3cccc(/C=C/c4ccc(N(C)C)cc4)n3)sc2=S)cc1. The molecular weight excluding hydrogens is 438 g/mol. The van der Waals surface area contributed by atoms with Crippen molar-refractivity contribution >= 4 is 41.4 Å². The van der Waals surface area contributed by atoms with Gasteiger partial charge in [0.05, 0.1) is 24.2 Å². The maximum Gasteiger partial charge on any atom is 0.217 e. The summed E-state index contributed by atoms with van der Waals surface area (Å²) in [7, 11) is 5.66. The highest BCUT2D eigenvalue weighted by Gasteiger charge is 2.16. The van der Waals surface area contributed by atoms with E-state index in [1.807, 2.05) is 68.7 Å². The first kappa shape index (κ1) is 21.8. The molecule has 0 atom stereocenters. The van der Waals surface area contributed by atoms with Gasteiger partial charge in [0.15, 0.2) is 3.95 Å². The van der Waals surface area contributed by atoms with Crippen molar-refractivity contribution in [3.63, 3.8) is 0 Å². The highest BCUT2D eigenvalue weighted by molar-refractivity contribution is 7.73. The molecule has 4 rings (SSSR count). The second kappa shape index (κ2) is 9.38. The number of thiazole rings is 1. The molecule has 0 amide bonds. The summed E-state index contributed by atoms with van der Waals surface area (Å²) in [6.07, 6.45) is 3.99. The molecule has 0 fully saturated rings. The number of aromatic hydroxyl groups is 1. The lowest BCUT2D eigenvalue weighted by Gasteiger charge is -2.11. The van der Waals surface area contributed by atoms with Crippen molar-refractivity contribution < 1.29 is 9.84 Å². The Bertz CT molecular complexity index is 1300. The van der Waals surface area contributed by atoms with E-state index in [-0.39, 0.29) is 5.88 Å². The Balaban J connectivity index is 1.62. The molecule has 0 saturated carbocycles. The maximum atomic E-state index is 10.9. The van der Waals surface area contributed by atoms with E-state index in [1.165, 1.54) is 11.3 Å². The topological polar surface area (TPSA) is 50.5 Å². The van der Waals surface area contributed by atoms with Gasteiger partial charge in [0, 0.05) is 19.8 Å². The molecule has 2 aromatic carbocycles. The number of aromatic nitrogens is 2. The van der Waals surface area contributed by atoms with Crippen LogP contribution in [-0.2, 0) is 0 Å². The molecule has 0 spiro atoms. The van der Waals surface area contributed by atoms with Crippen molar-refractivity contribution in [1.82, 2.24) is 9.55 Å². The van der Waals surface area contributed by atoms with Crippen LogP contribution in [0, 0.1) is 3.95 Å². The molecule has 0 aliphatic carbocycles. The van der Waals surface area contributed by atoms with Gasteiger partial charge < -0.3 is 14.7 Å². The lowest BCUT2D eigenvalue weighted by Crippen LogP contribution is -2.07. The fourth-order valence-corrected chi connectivity index (χ4v) is 4.53. The fraction of sp³-hybridized carbons (Fsp3) is 0.120. The molecule has 1 N–H and O–H groups in total. The molecule has 0 aliphatic heterocycles. The van der Waals surface area contributed by atoms with Crippen LogP contribution in [0.2, 0.25) is 0 Å². The molecule has 0 saturated heterocycles. The third-order valence-electron chi connectivity index (χ3n) is 4.98. The molecule has 0 aliphatic rings. The van der Waals surface area contributed by atoms with Crippen molar-refractivity contribution in [2.45, 2.75) is 0 Å². The molecular formula is C25H23N3O2S2. The van der Waals surface area contributed by atoms with Gasteiger partial charge in [-0.05, 0) is 72.4 Å². The normalized spacial score (nSPS) is 11.1. The monoisotopic (exact) mass is 461 g/mol. The standard InChI is InChI=1S/C25H23N3O2S2/c1-27(2)19-11-8-17(9-12-19)7-10-18-5-4-6-22(26-18)23-24(29)28(25(31)32-23)20-13-15-21(30-3)16-14-20/h4-16,29H,1-3H3/b10-7+. The minimum absolute atomic E-state index is 0.0815. The van der Waals surface area contributed by atoms with Crippen molar-refractivity contribution in [3.8, 4) is 27.9 Å². The second-order valence-corrected chi connectivity index (χ2v) is 8.97. The Kier molecular flexibility index (Phi) is 6.39. The molecule has 2 heterocycles. The number of rotatable bonds is 6. The molecule has 7 heteroatoms. The van der Waals surface area contributed by atoms with Gasteiger partial charge in [0.25, 0.3) is 0 Å². The maximum absolute atomic E-state index is 10.9. The third kappa shape index (κ3) is 4.59. The van der Waals surface area contributed by atoms with E-state index in [1.54, 1.807) is 11.7 Å². The second-order valence-electron chi connectivity index (χ2n) is 7.32. The van der Waals surface area contributed by atoms with Crippen LogP contribution >= 0.6 is 23.6 Å². The first-order chi connectivity index (χ1) is 15.5. The predicted molar refractivity (Wildman–Crippen MR) is 136 cm³/mol. The van der Waals surface area contributed by atoms with Gasteiger partial charge >= 0.3 is 0 Å².